The van der Waals surface area contributed by atoms with E-state index in [0.29, 0.717) is 31.5 Å². The summed E-state index contributed by atoms with van der Waals surface area (Å²) in [6.07, 6.45) is -3.01. The molecule has 2 unspecified atom stereocenters. The maximum Gasteiger partial charge on any atom is 0.416 e. The third-order valence-electron chi connectivity index (χ3n) is 4.84. The number of nitrogens with zero attached hydrogens (tertiary/aromatic N) is 2. The summed E-state index contributed by atoms with van der Waals surface area (Å²) in [6, 6.07) is 4.57. The van der Waals surface area contributed by atoms with Crippen LogP contribution in [0.15, 0.2) is 24.3 Å². The number of nitrogens with two attached hydrogens (primary N) is 1. The van der Waals surface area contributed by atoms with Gasteiger partial charge in [0.1, 0.15) is 0 Å². The van der Waals surface area contributed by atoms with Crippen molar-refractivity contribution in [2.24, 2.45) is 11.7 Å². The lowest BCUT2D eigenvalue weighted by atomic mass is 9.97. The van der Waals surface area contributed by atoms with E-state index in [4.69, 9.17) is 5.73 Å². The molecule has 0 bridgehead atoms. The minimum atomic E-state index is -4.40. The van der Waals surface area contributed by atoms with Crippen LogP contribution in [0.1, 0.15) is 30.9 Å². The van der Waals surface area contributed by atoms with Crippen LogP contribution in [-0.4, -0.2) is 47.8 Å². The summed E-state index contributed by atoms with van der Waals surface area (Å²) in [5.74, 6) is -0.897. The van der Waals surface area contributed by atoms with Crippen LogP contribution in [0.25, 0.3) is 0 Å². The van der Waals surface area contributed by atoms with E-state index in [9.17, 15) is 22.8 Å². The Morgan fingerprint density at radius 2 is 2.08 bits per heavy atom. The summed E-state index contributed by atoms with van der Waals surface area (Å²) in [4.78, 5) is 27.4. The number of halogens is 3. The molecule has 2 atom stereocenters. The predicted molar refractivity (Wildman–Crippen MR) is 90.9 cm³/mol. The number of hydrogen-bond acceptors (Lipinski definition) is 3. The molecule has 26 heavy (non-hydrogen) atoms. The summed E-state index contributed by atoms with van der Waals surface area (Å²) in [6.45, 7) is 2.79. The summed E-state index contributed by atoms with van der Waals surface area (Å²) in [5.41, 5.74) is 5.11. The SMILES string of the molecule is CC(C(=O)N1CCCC(C(N)=O)C1)N(C)Cc1cccc(C(F)(F)F)c1. The molecular weight excluding hydrogens is 347 g/mol. The molecule has 0 aliphatic carbocycles. The second-order valence-corrected chi connectivity index (χ2v) is 6.81. The highest BCUT2D eigenvalue weighted by Crippen LogP contribution is 2.29. The zero-order chi connectivity index (χ0) is 19.5. The number of carbonyl (C=O) groups excluding carboxylic acids is 2. The molecule has 0 radical (unpaired) electrons. The normalized spacial score (nSPS) is 19.5. The van der Waals surface area contributed by atoms with Crippen molar-refractivity contribution in [2.75, 3.05) is 20.1 Å². The summed E-state index contributed by atoms with van der Waals surface area (Å²) < 4.78 is 38.5. The van der Waals surface area contributed by atoms with Gasteiger partial charge in [-0.2, -0.15) is 13.2 Å². The third-order valence-corrected chi connectivity index (χ3v) is 4.84. The van der Waals surface area contributed by atoms with E-state index in [2.05, 4.69) is 0 Å². The molecule has 2 N–H and O–H groups in total. The minimum Gasteiger partial charge on any atom is -0.369 e. The van der Waals surface area contributed by atoms with E-state index in [1.54, 1.807) is 29.8 Å². The number of carbonyl (C=O) groups is 2. The van der Waals surface area contributed by atoms with Crippen molar-refractivity contribution in [3.63, 3.8) is 0 Å². The van der Waals surface area contributed by atoms with Crippen molar-refractivity contribution in [1.29, 1.82) is 0 Å². The molecule has 5 nitrogen and oxygen atoms in total. The molecule has 1 aromatic rings. The van der Waals surface area contributed by atoms with Gasteiger partial charge in [0.2, 0.25) is 11.8 Å². The molecule has 2 rings (SSSR count). The largest absolute Gasteiger partial charge is 0.416 e. The van der Waals surface area contributed by atoms with Gasteiger partial charge >= 0.3 is 6.18 Å². The lowest BCUT2D eigenvalue weighted by Gasteiger charge is -2.35. The van der Waals surface area contributed by atoms with E-state index in [-0.39, 0.29) is 18.4 Å². The van der Waals surface area contributed by atoms with Gasteiger partial charge in [-0.3, -0.25) is 14.5 Å². The van der Waals surface area contributed by atoms with Crippen molar-refractivity contribution < 1.29 is 22.8 Å². The van der Waals surface area contributed by atoms with Crippen LogP contribution >= 0.6 is 0 Å². The number of likely N-dealkylation sites (tertiary alicyclic amines) is 1. The standard InChI is InChI=1S/C18H24F3N3O2/c1-12(17(26)24-8-4-6-14(11-24)16(22)25)23(2)10-13-5-3-7-15(9-13)18(19,20)21/h3,5,7,9,12,14H,4,6,8,10-11H2,1-2H3,(H2,22,25). The van der Waals surface area contributed by atoms with Gasteiger partial charge in [-0.05, 0) is 38.4 Å². The average Bonchev–Trinajstić information content (AvgIpc) is 2.60. The molecule has 8 heteroatoms. The lowest BCUT2D eigenvalue weighted by Crippen LogP contribution is -2.50. The Hall–Kier alpha value is -2.09. The van der Waals surface area contributed by atoms with Gasteiger partial charge in [0.15, 0.2) is 0 Å². The van der Waals surface area contributed by atoms with Gasteiger partial charge in [0.05, 0.1) is 17.5 Å². The Balaban J connectivity index is 2.01. The Kier molecular flexibility index (Phi) is 6.28. The highest BCUT2D eigenvalue weighted by atomic mass is 19.4. The van der Waals surface area contributed by atoms with Crippen LogP contribution in [0.4, 0.5) is 13.2 Å². The Bertz CT molecular complexity index is 663. The first-order valence-electron chi connectivity index (χ1n) is 8.54. The number of benzene rings is 1. The van der Waals surface area contributed by atoms with Gasteiger partial charge in [0.25, 0.3) is 0 Å². The number of piperidine rings is 1. The summed E-state index contributed by atoms with van der Waals surface area (Å²) >= 11 is 0. The molecule has 0 saturated carbocycles. The van der Waals surface area contributed by atoms with Crippen molar-refractivity contribution in [3.8, 4) is 0 Å². The maximum absolute atomic E-state index is 12.8. The fourth-order valence-corrected chi connectivity index (χ4v) is 3.13. The molecule has 144 valence electrons. The zero-order valence-corrected chi connectivity index (χ0v) is 14.9. The number of hydrogen-bond donors (Lipinski definition) is 1. The van der Waals surface area contributed by atoms with Gasteiger partial charge < -0.3 is 10.6 Å². The van der Waals surface area contributed by atoms with Crippen LogP contribution in [0.3, 0.4) is 0 Å². The number of alkyl halides is 3. The van der Waals surface area contributed by atoms with Crippen LogP contribution in [0, 0.1) is 5.92 Å². The topological polar surface area (TPSA) is 66.6 Å². The van der Waals surface area contributed by atoms with Gasteiger partial charge in [-0.1, -0.05) is 18.2 Å². The smallest absolute Gasteiger partial charge is 0.369 e. The summed E-state index contributed by atoms with van der Waals surface area (Å²) in [5, 5.41) is 0. The van der Waals surface area contributed by atoms with Crippen LogP contribution in [0.2, 0.25) is 0 Å². The van der Waals surface area contributed by atoms with Crippen molar-refractivity contribution in [2.45, 2.75) is 38.5 Å². The van der Waals surface area contributed by atoms with Crippen molar-refractivity contribution >= 4 is 11.8 Å². The fourth-order valence-electron chi connectivity index (χ4n) is 3.13. The monoisotopic (exact) mass is 371 g/mol. The first-order valence-corrected chi connectivity index (χ1v) is 8.54. The molecule has 1 aliphatic heterocycles. The number of amides is 2. The molecular formula is C18H24F3N3O2. The Morgan fingerprint density at radius 3 is 2.69 bits per heavy atom. The first kappa shape index (κ1) is 20.2. The number of rotatable bonds is 5. The van der Waals surface area contributed by atoms with Crippen molar-refractivity contribution in [1.82, 2.24) is 9.80 Å². The summed E-state index contributed by atoms with van der Waals surface area (Å²) in [7, 11) is 1.69. The van der Waals surface area contributed by atoms with Crippen molar-refractivity contribution in [3.05, 3.63) is 35.4 Å². The van der Waals surface area contributed by atoms with E-state index in [1.165, 1.54) is 6.07 Å². The molecule has 1 fully saturated rings. The second kappa shape index (κ2) is 8.07. The molecule has 1 saturated heterocycles. The fraction of sp³-hybridized carbons (Fsp3) is 0.556. The lowest BCUT2D eigenvalue weighted by molar-refractivity contribution is -0.140. The highest BCUT2D eigenvalue weighted by Gasteiger charge is 2.32. The van der Waals surface area contributed by atoms with Gasteiger partial charge in [-0.15, -0.1) is 0 Å². The van der Waals surface area contributed by atoms with E-state index in [0.717, 1.165) is 12.1 Å². The minimum absolute atomic E-state index is 0.148. The molecule has 1 aromatic carbocycles. The molecule has 2 amide bonds. The Morgan fingerprint density at radius 1 is 1.38 bits per heavy atom. The average molecular weight is 371 g/mol. The molecule has 1 heterocycles. The highest BCUT2D eigenvalue weighted by molar-refractivity contribution is 5.83. The van der Waals surface area contributed by atoms with Crippen LogP contribution < -0.4 is 5.73 Å². The maximum atomic E-state index is 12.8. The third kappa shape index (κ3) is 4.97. The number of primary amides is 1. The van der Waals surface area contributed by atoms with Crippen LogP contribution in [-0.2, 0) is 22.3 Å². The van der Waals surface area contributed by atoms with Gasteiger partial charge in [0, 0.05) is 19.6 Å². The van der Waals surface area contributed by atoms with Gasteiger partial charge in [-0.25, -0.2) is 0 Å². The first-order chi connectivity index (χ1) is 12.1. The number of likely N-dealkylation sites (N-methyl/N-ethyl adjacent to an activating group) is 1. The molecule has 0 spiro atoms. The Labute approximate surface area is 150 Å². The van der Waals surface area contributed by atoms with E-state index < -0.39 is 23.7 Å². The quantitative estimate of drug-likeness (QED) is 0.863. The van der Waals surface area contributed by atoms with E-state index in [1.807, 2.05) is 0 Å². The zero-order valence-electron chi connectivity index (χ0n) is 14.9. The second-order valence-electron chi connectivity index (χ2n) is 6.81. The van der Waals surface area contributed by atoms with E-state index >= 15 is 0 Å². The predicted octanol–water partition coefficient (Wildman–Crippen LogP) is 2.25. The van der Waals surface area contributed by atoms with Crippen LogP contribution in [0.5, 0.6) is 0 Å². The molecule has 1 aliphatic rings. The molecule has 0 aromatic heterocycles.